The van der Waals surface area contributed by atoms with Gasteiger partial charge in [-0.3, -0.25) is 10.1 Å². The molecule has 0 fully saturated rings. The summed E-state index contributed by atoms with van der Waals surface area (Å²) in [6.45, 7) is 5.35. The van der Waals surface area contributed by atoms with Crippen molar-refractivity contribution in [2.75, 3.05) is 11.1 Å². The van der Waals surface area contributed by atoms with Gasteiger partial charge in [-0.15, -0.1) is 0 Å². The van der Waals surface area contributed by atoms with Crippen molar-refractivity contribution in [3.8, 4) is 11.1 Å². The highest BCUT2D eigenvalue weighted by Crippen LogP contribution is 2.31. The Labute approximate surface area is 149 Å². The van der Waals surface area contributed by atoms with E-state index in [4.69, 9.17) is 5.73 Å². The Morgan fingerprint density at radius 2 is 1.88 bits per heavy atom. The summed E-state index contributed by atoms with van der Waals surface area (Å²) < 4.78 is 28.3. The van der Waals surface area contributed by atoms with Gasteiger partial charge >= 0.3 is 0 Å². The molecule has 3 N–H and O–H groups in total. The number of carbonyl (C=O) groups excluding carboxylic acids is 1. The minimum absolute atomic E-state index is 0.127. The van der Waals surface area contributed by atoms with E-state index in [-0.39, 0.29) is 23.1 Å². The number of aromatic nitrogens is 2. The summed E-state index contributed by atoms with van der Waals surface area (Å²) in [7, 11) is 0. The van der Waals surface area contributed by atoms with Crippen LogP contribution < -0.4 is 11.1 Å². The van der Waals surface area contributed by atoms with Crippen LogP contribution in [-0.2, 0) is 4.79 Å². The monoisotopic (exact) mass is 356 g/mol. The summed E-state index contributed by atoms with van der Waals surface area (Å²) in [6, 6.07) is 7.04. The second-order valence-corrected chi connectivity index (χ2v) is 7.00. The van der Waals surface area contributed by atoms with Gasteiger partial charge in [-0.2, -0.15) is 0 Å². The number of hydrogen-bond donors (Lipinski definition) is 2. The van der Waals surface area contributed by atoms with E-state index in [0.29, 0.717) is 16.5 Å². The molecule has 1 aromatic heterocycles. The van der Waals surface area contributed by atoms with Gasteiger partial charge in [-0.05, 0) is 29.8 Å². The smallest absolute Gasteiger partial charge is 0.232 e. The van der Waals surface area contributed by atoms with Crippen LogP contribution in [-0.4, -0.2) is 15.9 Å². The molecule has 3 rings (SSSR count). The molecule has 0 aliphatic carbocycles. The summed E-state index contributed by atoms with van der Waals surface area (Å²) in [5.74, 6) is -1.55. The maximum Gasteiger partial charge on any atom is 0.232 e. The van der Waals surface area contributed by atoms with E-state index in [2.05, 4.69) is 15.3 Å². The number of benzene rings is 2. The van der Waals surface area contributed by atoms with Crippen molar-refractivity contribution in [1.29, 1.82) is 0 Å². The van der Waals surface area contributed by atoms with E-state index in [1.54, 1.807) is 39.0 Å². The fourth-order valence-corrected chi connectivity index (χ4v) is 2.37. The number of amides is 1. The Kier molecular flexibility index (Phi) is 4.31. The molecule has 0 spiro atoms. The number of carbonyl (C=O) groups is 1. The SMILES string of the molecule is CC(C)(C)C(=O)Nc1ncc2cc(-c3c(F)ccc(N)c3F)ccc2n1. The van der Waals surface area contributed by atoms with E-state index >= 15 is 0 Å². The second-order valence-electron chi connectivity index (χ2n) is 7.00. The van der Waals surface area contributed by atoms with E-state index in [0.717, 1.165) is 6.07 Å². The van der Waals surface area contributed by atoms with Crippen LogP contribution in [0.5, 0.6) is 0 Å². The fraction of sp³-hybridized carbons (Fsp3) is 0.211. The van der Waals surface area contributed by atoms with Crippen molar-refractivity contribution in [2.24, 2.45) is 5.41 Å². The number of rotatable bonds is 2. The Morgan fingerprint density at radius 3 is 2.58 bits per heavy atom. The van der Waals surface area contributed by atoms with Crippen molar-refractivity contribution in [3.63, 3.8) is 0 Å². The Bertz CT molecular complexity index is 1010. The van der Waals surface area contributed by atoms with Gasteiger partial charge < -0.3 is 5.73 Å². The molecule has 1 heterocycles. The molecule has 7 heteroatoms. The molecule has 3 aromatic rings. The Hall–Kier alpha value is -3.09. The zero-order chi connectivity index (χ0) is 19.1. The number of halogens is 2. The van der Waals surface area contributed by atoms with Gasteiger partial charge in [0.15, 0.2) is 5.82 Å². The molecule has 0 atom stereocenters. The summed E-state index contributed by atoms with van der Waals surface area (Å²) in [5, 5.41) is 3.23. The quantitative estimate of drug-likeness (QED) is 0.676. The number of fused-ring (bicyclic) bond motifs is 1. The van der Waals surface area contributed by atoms with Crippen molar-refractivity contribution in [1.82, 2.24) is 9.97 Å². The molecule has 2 aromatic carbocycles. The first kappa shape index (κ1) is 17.7. The highest BCUT2D eigenvalue weighted by Gasteiger charge is 2.22. The molecule has 5 nitrogen and oxygen atoms in total. The van der Waals surface area contributed by atoms with Crippen LogP contribution in [0.4, 0.5) is 20.4 Å². The van der Waals surface area contributed by atoms with Crippen LogP contribution >= 0.6 is 0 Å². The fourth-order valence-electron chi connectivity index (χ4n) is 2.37. The van der Waals surface area contributed by atoms with Gasteiger partial charge in [0.25, 0.3) is 0 Å². The van der Waals surface area contributed by atoms with E-state index < -0.39 is 17.0 Å². The van der Waals surface area contributed by atoms with Gasteiger partial charge in [-0.1, -0.05) is 26.8 Å². The van der Waals surface area contributed by atoms with Gasteiger partial charge in [0, 0.05) is 17.0 Å². The maximum atomic E-state index is 14.2. The number of nitrogens with two attached hydrogens (primary N) is 1. The lowest BCUT2D eigenvalue weighted by atomic mass is 9.96. The van der Waals surface area contributed by atoms with Gasteiger partial charge in [0.05, 0.1) is 16.8 Å². The molecule has 0 saturated heterocycles. The summed E-state index contributed by atoms with van der Waals surface area (Å²) in [6.07, 6.45) is 1.49. The Morgan fingerprint density at radius 1 is 1.15 bits per heavy atom. The van der Waals surface area contributed by atoms with Crippen LogP contribution in [0.1, 0.15) is 20.8 Å². The number of hydrogen-bond acceptors (Lipinski definition) is 4. The molecule has 0 aliphatic heterocycles. The Balaban J connectivity index is 2.00. The molecule has 0 bridgehead atoms. The van der Waals surface area contributed by atoms with Crippen LogP contribution in [0, 0.1) is 17.0 Å². The molecule has 134 valence electrons. The molecule has 0 unspecified atom stereocenters. The highest BCUT2D eigenvalue weighted by atomic mass is 19.1. The standard InChI is InChI=1S/C19H18F2N4O/c1-19(2,3)17(26)25-18-23-9-11-8-10(4-7-14(11)24-18)15-12(20)5-6-13(22)16(15)21/h4-9H,22H2,1-3H3,(H,23,24,25,26). The third-order valence-corrected chi connectivity index (χ3v) is 3.90. The third-order valence-electron chi connectivity index (χ3n) is 3.90. The topological polar surface area (TPSA) is 80.9 Å². The highest BCUT2D eigenvalue weighted by molar-refractivity contribution is 5.94. The van der Waals surface area contributed by atoms with Gasteiger partial charge in [0.1, 0.15) is 5.82 Å². The van der Waals surface area contributed by atoms with Gasteiger partial charge in [0.2, 0.25) is 11.9 Å². The molecule has 0 aliphatic rings. The van der Waals surface area contributed by atoms with Crippen molar-refractivity contribution in [2.45, 2.75) is 20.8 Å². The van der Waals surface area contributed by atoms with Crippen molar-refractivity contribution in [3.05, 3.63) is 48.2 Å². The van der Waals surface area contributed by atoms with Crippen LogP contribution in [0.25, 0.3) is 22.0 Å². The minimum atomic E-state index is -0.806. The zero-order valence-electron chi connectivity index (χ0n) is 14.6. The van der Waals surface area contributed by atoms with Crippen molar-refractivity contribution < 1.29 is 13.6 Å². The zero-order valence-corrected chi connectivity index (χ0v) is 14.6. The average molecular weight is 356 g/mol. The summed E-state index contributed by atoms with van der Waals surface area (Å²) >= 11 is 0. The number of nitrogens with zero attached hydrogens (tertiary/aromatic N) is 2. The first-order valence-corrected chi connectivity index (χ1v) is 7.99. The van der Waals surface area contributed by atoms with Gasteiger partial charge in [-0.25, -0.2) is 18.7 Å². The van der Waals surface area contributed by atoms with Crippen LogP contribution in [0.3, 0.4) is 0 Å². The van der Waals surface area contributed by atoms with E-state index in [9.17, 15) is 13.6 Å². The van der Waals surface area contributed by atoms with Crippen LogP contribution in [0.2, 0.25) is 0 Å². The largest absolute Gasteiger partial charge is 0.396 e. The summed E-state index contributed by atoms with van der Waals surface area (Å²) in [4.78, 5) is 20.4. The molecular formula is C19H18F2N4O. The number of nitrogens with one attached hydrogen (secondary N) is 1. The lowest BCUT2D eigenvalue weighted by Crippen LogP contribution is -2.28. The average Bonchev–Trinajstić information content (AvgIpc) is 2.57. The maximum absolute atomic E-state index is 14.2. The summed E-state index contributed by atoms with van der Waals surface area (Å²) in [5.41, 5.74) is 5.50. The lowest BCUT2D eigenvalue weighted by Gasteiger charge is -2.16. The molecule has 0 radical (unpaired) electrons. The molecule has 26 heavy (non-hydrogen) atoms. The van der Waals surface area contributed by atoms with Crippen molar-refractivity contribution >= 4 is 28.4 Å². The first-order chi connectivity index (χ1) is 12.2. The van der Waals surface area contributed by atoms with E-state index in [1.165, 1.54) is 12.3 Å². The first-order valence-electron chi connectivity index (χ1n) is 7.99. The lowest BCUT2D eigenvalue weighted by molar-refractivity contribution is -0.123. The molecule has 0 saturated carbocycles. The predicted molar refractivity (Wildman–Crippen MR) is 97.4 cm³/mol. The normalized spacial score (nSPS) is 11.6. The van der Waals surface area contributed by atoms with Crippen LogP contribution in [0.15, 0.2) is 36.5 Å². The number of nitrogen functional groups attached to an aromatic ring is 1. The minimum Gasteiger partial charge on any atom is -0.396 e. The molecular weight excluding hydrogens is 338 g/mol. The molecule has 1 amide bonds. The third kappa shape index (κ3) is 3.33. The predicted octanol–water partition coefficient (Wildman–Crippen LogP) is 4.14. The van der Waals surface area contributed by atoms with E-state index in [1.807, 2.05) is 0 Å². The second kappa shape index (κ2) is 6.33. The number of anilines is 2.